The van der Waals surface area contributed by atoms with Crippen LogP contribution in [-0.2, 0) is 6.54 Å². The number of nitrogens with one attached hydrogen (secondary N) is 1. The number of halogens is 2. The molecule has 0 unspecified atom stereocenters. The third-order valence-corrected chi connectivity index (χ3v) is 5.28. The summed E-state index contributed by atoms with van der Waals surface area (Å²) in [5.74, 6) is 0. The monoisotopic (exact) mass is 385 g/mol. The molecule has 3 nitrogen and oxygen atoms in total. The van der Waals surface area contributed by atoms with Crippen LogP contribution in [0.15, 0.2) is 54.9 Å². The summed E-state index contributed by atoms with van der Waals surface area (Å²) in [6.07, 6.45) is 6.10. The number of pyridine rings is 1. The maximum atomic E-state index is 6.13. The van der Waals surface area contributed by atoms with Gasteiger partial charge >= 0.3 is 0 Å². The minimum atomic E-state index is 0.442. The Morgan fingerprint density at radius 1 is 1.04 bits per heavy atom. The summed E-state index contributed by atoms with van der Waals surface area (Å²) >= 11 is 12.3. The average Bonchev–Trinajstić information content (AvgIpc) is 2.61. The number of benzene rings is 2. The molecule has 134 valence electrons. The van der Waals surface area contributed by atoms with Gasteiger partial charge in [-0.25, -0.2) is 0 Å². The Bertz CT molecular complexity index is 892. The lowest BCUT2D eigenvalue weighted by molar-refractivity contribution is 0.208. The van der Waals surface area contributed by atoms with Crippen molar-refractivity contribution in [2.45, 2.75) is 25.4 Å². The third-order valence-electron chi connectivity index (χ3n) is 4.85. The molecule has 26 heavy (non-hydrogen) atoms. The van der Waals surface area contributed by atoms with Crippen molar-refractivity contribution in [2.75, 3.05) is 18.4 Å². The average molecular weight is 386 g/mol. The highest BCUT2D eigenvalue weighted by molar-refractivity contribution is 6.34. The molecule has 4 rings (SSSR count). The van der Waals surface area contributed by atoms with Crippen LogP contribution in [0, 0.1) is 0 Å². The second-order valence-corrected chi connectivity index (χ2v) is 7.81. The molecule has 1 aliphatic rings. The van der Waals surface area contributed by atoms with Gasteiger partial charge in [0.2, 0.25) is 0 Å². The number of piperidine rings is 1. The van der Waals surface area contributed by atoms with E-state index in [0.717, 1.165) is 19.6 Å². The largest absolute Gasteiger partial charge is 0.381 e. The van der Waals surface area contributed by atoms with Gasteiger partial charge in [-0.2, -0.15) is 0 Å². The number of nitrogens with zero attached hydrogens (tertiary/aromatic N) is 2. The van der Waals surface area contributed by atoms with Gasteiger partial charge in [0.25, 0.3) is 0 Å². The number of hydrogen-bond acceptors (Lipinski definition) is 3. The fraction of sp³-hybridized carbons (Fsp3) is 0.286. The molecule has 0 aliphatic carbocycles. The van der Waals surface area contributed by atoms with Crippen molar-refractivity contribution in [1.29, 1.82) is 0 Å². The van der Waals surface area contributed by atoms with Crippen LogP contribution in [0.25, 0.3) is 10.8 Å². The summed E-state index contributed by atoms with van der Waals surface area (Å²) in [4.78, 5) is 6.64. The molecule has 1 atom stereocenters. The van der Waals surface area contributed by atoms with Crippen LogP contribution in [0.2, 0.25) is 10.0 Å². The number of likely N-dealkylation sites (tertiary alicyclic amines) is 1. The van der Waals surface area contributed by atoms with E-state index < -0.39 is 0 Å². The van der Waals surface area contributed by atoms with Crippen LogP contribution in [0.5, 0.6) is 0 Å². The quantitative estimate of drug-likeness (QED) is 0.631. The summed E-state index contributed by atoms with van der Waals surface area (Å²) in [6.45, 7) is 2.99. The van der Waals surface area contributed by atoms with Crippen molar-refractivity contribution in [3.05, 3.63) is 70.5 Å². The Hall–Kier alpha value is -1.81. The van der Waals surface area contributed by atoms with Gasteiger partial charge < -0.3 is 5.32 Å². The van der Waals surface area contributed by atoms with Crippen molar-refractivity contribution >= 4 is 39.7 Å². The molecule has 0 spiro atoms. The van der Waals surface area contributed by atoms with Crippen molar-refractivity contribution in [3.8, 4) is 0 Å². The predicted octanol–water partition coefficient (Wildman–Crippen LogP) is 5.62. The number of aromatic nitrogens is 1. The first-order valence-electron chi connectivity index (χ1n) is 8.93. The SMILES string of the molecule is Clc1cc(Cl)cc(CN2CCC[C@@H](Nc3ccc4cnccc4c3)C2)c1. The Kier molecular flexibility index (Phi) is 5.30. The highest BCUT2D eigenvalue weighted by atomic mass is 35.5. The topological polar surface area (TPSA) is 28.2 Å². The van der Waals surface area contributed by atoms with Gasteiger partial charge in [-0.1, -0.05) is 29.3 Å². The maximum Gasteiger partial charge on any atom is 0.0424 e. The smallest absolute Gasteiger partial charge is 0.0424 e. The van der Waals surface area contributed by atoms with Crippen LogP contribution >= 0.6 is 23.2 Å². The molecule has 0 saturated carbocycles. The number of rotatable bonds is 4. The molecule has 3 aromatic rings. The van der Waals surface area contributed by atoms with Gasteiger partial charge in [-0.15, -0.1) is 0 Å². The van der Waals surface area contributed by atoms with Gasteiger partial charge in [0, 0.05) is 52.6 Å². The van der Waals surface area contributed by atoms with Gasteiger partial charge in [0.1, 0.15) is 0 Å². The molecule has 1 aliphatic heterocycles. The molecule has 1 aromatic heterocycles. The van der Waals surface area contributed by atoms with E-state index in [4.69, 9.17) is 23.2 Å². The van der Waals surface area contributed by atoms with E-state index in [-0.39, 0.29) is 0 Å². The van der Waals surface area contributed by atoms with Gasteiger partial charge in [-0.3, -0.25) is 9.88 Å². The van der Waals surface area contributed by atoms with E-state index in [1.807, 2.05) is 24.5 Å². The molecule has 0 amide bonds. The highest BCUT2D eigenvalue weighted by Gasteiger charge is 2.20. The van der Waals surface area contributed by atoms with Crippen LogP contribution in [0.4, 0.5) is 5.69 Å². The van der Waals surface area contributed by atoms with E-state index in [2.05, 4.69) is 39.5 Å². The second-order valence-electron chi connectivity index (χ2n) is 6.93. The minimum Gasteiger partial charge on any atom is -0.381 e. The van der Waals surface area contributed by atoms with Crippen molar-refractivity contribution < 1.29 is 0 Å². The number of anilines is 1. The molecule has 2 heterocycles. The lowest BCUT2D eigenvalue weighted by Crippen LogP contribution is -2.41. The van der Waals surface area contributed by atoms with E-state index >= 15 is 0 Å². The van der Waals surface area contributed by atoms with E-state index in [1.54, 1.807) is 6.07 Å². The van der Waals surface area contributed by atoms with E-state index in [0.29, 0.717) is 16.1 Å². The number of fused-ring (bicyclic) bond motifs is 1. The molecule has 0 radical (unpaired) electrons. The molecule has 1 saturated heterocycles. The standard InChI is InChI=1S/C21H21Cl2N3/c22-18-8-15(9-19(23)11-18)13-26-7-1-2-21(14-26)25-20-4-3-17-12-24-6-5-16(17)10-20/h3-6,8-12,21,25H,1-2,7,13-14H2/t21-/m1/s1. The van der Waals surface area contributed by atoms with Gasteiger partial charge in [0.15, 0.2) is 0 Å². The molecular formula is C21H21Cl2N3. The number of hydrogen-bond donors (Lipinski definition) is 1. The summed E-state index contributed by atoms with van der Waals surface area (Å²) in [7, 11) is 0. The Morgan fingerprint density at radius 2 is 1.88 bits per heavy atom. The van der Waals surface area contributed by atoms with E-state index in [9.17, 15) is 0 Å². The van der Waals surface area contributed by atoms with Crippen molar-refractivity contribution in [2.24, 2.45) is 0 Å². The predicted molar refractivity (Wildman–Crippen MR) is 110 cm³/mol. The molecular weight excluding hydrogens is 365 g/mol. The fourth-order valence-corrected chi connectivity index (χ4v) is 4.26. The molecule has 2 aromatic carbocycles. The summed E-state index contributed by atoms with van der Waals surface area (Å²) < 4.78 is 0. The Morgan fingerprint density at radius 3 is 2.73 bits per heavy atom. The zero-order valence-electron chi connectivity index (χ0n) is 14.5. The second kappa shape index (κ2) is 7.83. The first-order chi connectivity index (χ1) is 12.7. The first kappa shape index (κ1) is 17.6. The van der Waals surface area contributed by atoms with Crippen LogP contribution < -0.4 is 5.32 Å². The third kappa shape index (κ3) is 4.29. The summed E-state index contributed by atoms with van der Waals surface area (Å²) in [5.41, 5.74) is 2.34. The molecule has 1 N–H and O–H groups in total. The van der Waals surface area contributed by atoms with E-state index in [1.165, 1.54) is 34.9 Å². The van der Waals surface area contributed by atoms with Crippen LogP contribution in [0.1, 0.15) is 18.4 Å². The maximum absolute atomic E-state index is 6.13. The Balaban J connectivity index is 1.42. The lowest BCUT2D eigenvalue weighted by atomic mass is 10.0. The van der Waals surface area contributed by atoms with Gasteiger partial charge in [0.05, 0.1) is 0 Å². The molecule has 5 heteroatoms. The summed E-state index contributed by atoms with van der Waals surface area (Å²) in [5, 5.41) is 7.48. The zero-order chi connectivity index (χ0) is 17.9. The fourth-order valence-electron chi connectivity index (χ4n) is 3.69. The van der Waals surface area contributed by atoms with Crippen molar-refractivity contribution in [1.82, 2.24) is 9.88 Å². The minimum absolute atomic E-state index is 0.442. The van der Waals surface area contributed by atoms with Gasteiger partial charge in [-0.05, 0) is 66.7 Å². The normalized spacial score (nSPS) is 18.2. The van der Waals surface area contributed by atoms with Crippen LogP contribution in [0.3, 0.4) is 0 Å². The highest BCUT2D eigenvalue weighted by Crippen LogP contribution is 2.24. The van der Waals surface area contributed by atoms with Crippen molar-refractivity contribution in [3.63, 3.8) is 0 Å². The first-order valence-corrected chi connectivity index (χ1v) is 9.69. The molecule has 1 fully saturated rings. The zero-order valence-corrected chi connectivity index (χ0v) is 16.0. The van der Waals surface area contributed by atoms with Crippen LogP contribution in [-0.4, -0.2) is 29.0 Å². The molecule has 0 bridgehead atoms. The summed E-state index contributed by atoms with van der Waals surface area (Å²) in [6, 6.07) is 14.7. The lowest BCUT2D eigenvalue weighted by Gasteiger charge is -2.33. The Labute approximate surface area is 163 Å².